The molecule has 0 amide bonds. The Morgan fingerprint density at radius 1 is 0.571 bits per heavy atom. The fourth-order valence-corrected chi connectivity index (χ4v) is 0.378. The van der Waals surface area contributed by atoms with Gasteiger partial charge in [-0.3, -0.25) is 0 Å². The maximum absolute atomic E-state index is 3.82. The summed E-state index contributed by atoms with van der Waals surface area (Å²) < 4.78 is 0. The molecule has 0 unspecified atom stereocenters. The topological polar surface area (TPSA) is 0 Å². The van der Waals surface area contributed by atoms with Crippen molar-refractivity contribution in [2.24, 2.45) is 0 Å². The van der Waals surface area contributed by atoms with Crippen molar-refractivity contribution in [3.05, 3.63) is 49.6 Å². The number of hydrogen-bond donors (Lipinski definition) is 0. The normalized spacial score (nSPS) is 6.14. The van der Waals surface area contributed by atoms with Crippen molar-refractivity contribution in [3.63, 3.8) is 0 Å². The summed E-state index contributed by atoms with van der Waals surface area (Å²) in [5.74, 6) is 0. The summed E-state index contributed by atoms with van der Waals surface area (Å²) in [5.41, 5.74) is 2.22. The minimum Gasteiger partial charge on any atom is -0.106 e. The first-order valence-electron chi connectivity index (χ1n) is 12.0. The van der Waals surface area contributed by atoms with Gasteiger partial charge in [-0.15, -0.1) is 13.2 Å². The van der Waals surface area contributed by atoms with Crippen LogP contribution in [0.5, 0.6) is 0 Å². The molecule has 0 aromatic carbocycles. The van der Waals surface area contributed by atoms with E-state index < -0.39 is 0 Å². The fourth-order valence-electron chi connectivity index (χ4n) is 0.378. The zero-order chi connectivity index (χ0) is 25.4. The summed E-state index contributed by atoms with van der Waals surface area (Å²) >= 11 is 0. The van der Waals surface area contributed by atoms with Crippen LogP contribution in [0.1, 0.15) is 136 Å². The molecule has 0 saturated heterocycles. The Morgan fingerprint density at radius 2 is 0.786 bits per heavy atom. The first-order chi connectivity index (χ1) is 13.5. The highest BCUT2D eigenvalue weighted by Gasteiger charge is 1.79. The molecule has 28 heavy (non-hydrogen) atoms. The molecule has 0 aliphatic heterocycles. The van der Waals surface area contributed by atoms with E-state index in [4.69, 9.17) is 0 Å². The minimum absolute atomic E-state index is 1.02. The fraction of sp³-hybridized carbons (Fsp3) is 0.714. The zero-order valence-electron chi connectivity index (χ0n) is 23.8. The molecule has 178 valence electrons. The van der Waals surface area contributed by atoms with Gasteiger partial charge in [-0.05, 0) is 13.3 Å². The molecule has 0 heterocycles. The minimum atomic E-state index is 1.02. The number of hydrogen-bond acceptors (Lipinski definition) is 0. The Kier molecular flexibility index (Phi) is 271. The van der Waals surface area contributed by atoms with E-state index >= 15 is 0 Å². The molecule has 0 nitrogen and oxygen atoms in total. The van der Waals surface area contributed by atoms with Crippen molar-refractivity contribution in [2.75, 3.05) is 0 Å². The second-order valence-corrected chi connectivity index (χ2v) is 3.90. The van der Waals surface area contributed by atoms with Crippen LogP contribution in [0.15, 0.2) is 49.6 Å². The van der Waals surface area contributed by atoms with Gasteiger partial charge in [0.25, 0.3) is 0 Å². The standard InChI is InChI=1S/C9H14.C4H10.C3H8.5C2H6.C2H4/c1-5-9(4)7-6-8(2)3;1-3-4-2;1-3-2;6*1-2/h6-7H,2,4-5H2,1,3H3;3-4H2,1-2H3;3H2,1-2H3;5*1-2H3;1-2H2/b7-6-;;;;;;;;. The largest absolute Gasteiger partial charge is 0.106 e. The highest BCUT2D eigenvalue weighted by Crippen LogP contribution is 2.00. The summed E-state index contributed by atoms with van der Waals surface area (Å²) in [6.45, 7) is 46.2. The van der Waals surface area contributed by atoms with Gasteiger partial charge in [0.1, 0.15) is 0 Å². The maximum Gasteiger partial charge on any atom is -0.0313 e. The predicted octanol–water partition coefficient (Wildman–Crippen LogP) is 12.2. The first kappa shape index (κ1) is 56.3. The van der Waals surface area contributed by atoms with Gasteiger partial charge in [-0.2, -0.15) is 0 Å². The van der Waals surface area contributed by atoms with Crippen LogP contribution in [0.25, 0.3) is 0 Å². The van der Waals surface area contributed by atoms with E-state index in [1.807, 2.05) is 88.3 Å². The van der Waals surface area contributed by atoms with Crippen LogP contribution in [0.4, 0.5) is 0 Å². The molecule has 0 saturated carbocycles. The summed E-state index contributed by atoms with van der Waals surface area (Å²) in [6.07, 6.45) is 8.89. The average molecular weight is 403 g/mol. The van der Waals surface area contributed by atoms with Crippen LogP contribution in [0.2, 0.25) is 0 Å². The molecule has 0 rings (SSSR count). The highest BCUT2D eigenvalue weighted by atomic mass is 13.9. The average Bonchev–Trinajstić information content (AvgIpc) is 2.81. The molecule has 0 aromatic rings. The van der Waals surface area contributed by atoms with Gasteiger partial charge in [-0.1, -0.05) is 160 Å². The lowest BCUT2D eigenvalue weighted by atomic mass is 10.2. The van der Waals surface area contributed by atoms with Crippen molar-refractivity contribution < 1.29 is 0 Å². The van der Waals surface area contributed by atoms with E-state index in [2.05, 4.69) is 60.9 Å². The first-order valence-corrected chi connectivity index (χ1v) is 12.0. The SMILES string of the molecule is C=C.C=C(C)/C=C\C(=C)CC.CC.CC.CC.CC.CC.CCC.CCCC. The van der Waals surface area contributed by atoms with E-state index in [-0.39, 0.29) is 0 Å². The van der Waals surface area contributed by atoms with Crippen LogP contribution in [-0.4, -0.2) is 0 Å². The van der Waals surface area contributed by atoms with Crippen LogP contribution in [0, 0.1) is 0 Å². The van der Waals surface area contributed by atoms with Gasteiger partial charge in [-0.25, -0.2) is 0 Å². The van der Waals surface area contributed by atoms with Gasteiger partial charge >= 0.3 is 0 Å². The maximum atomic E-state index is 3.82. The van der Waals surface area contributed by atoms with Gasteiger partial charge < -0.3 is 0 Å². The summed E-state index contributed by atoms with van der Waals surface area (Å²) in [7, 11) is 0. The molecule has 0 heteroatoms. The lowest BCUT2D eigenvalue weighted by Crippen LogP contribution is -1.69. The van der Waals surface area contributed by atoms with Crippen molar-refractivity contribution >= 4 is 0 Å². The Bertz CT molecular complexity index is 182. The Hall–Kier alpha value is -1.04. The van der Waals surface area contributed by atoms with Gasteiger partial charge in [0.2, 0.25) is 0 Å². The third kappa shape index (κ3) is 296. The van der Waals surface area contributed by atoms with Crippen LogP contribution in [-0.2, 0) is 0 Å². The van der Waals surface area contributed by atoms with Crippen molar-refractivity contribution in [2.45, 2.75) is 136 Å². The molecule has 0 aromatic heterocycles. The van der Waals surface area contributed by atoms with Gasteiger partial charge in [0, 0.05) is 0 Å². The predicted molar refractivity (Wildman–Crippen MR) is 148 cm³/mol. The molecule has 0 aliphatic rings. The van der Waals surface area contributed by atoms with Gasteiger partial charge in [0.15, 0.2) is 0 Å². The molecule has 0 aliphatic carbocycles. The second kappa shape index (κ2) is 135. The molecular weight excluding hydrogens is 336 g/mol. The smallest absolute Gasteiger partial charge is 0.0313 e. The molecule has 0 bridgehead atoms. The molecule has 0 spiro atoms. The van der Waals surface area contributed by atoms with E-state index in [0.717, 1.165) is 17.6 Å². The molecule has 0 atom stereocenters. The molecule has 0 fully saturated rings. The number of allylic oxidation sites excluding steroid dienone is 4. The quantitative estimate of drug-likeness (QED) is 0.324. The lowest BCUT2D eigenvalue weighted by molar-refractivity contribution is 0.886. The summed E-state index contributed by atoms with van der Waals surface area (Å²) in [6, 6.07) is 0. The highest BCUT2D eigenvalue weighted by molar-refractivity contribution is 5.22. The van der Waals surface area contributed by atoms with Crippen molar-refractivity contribution in [1.82, 2.24) is 0 Å². The van der Waals surface area contributed by atoms with Gasteiger partial charge in [0.05, 0.1) is 0 Å². The Labute approximate surface area is 186 Å². The van der Waals surface area contributed by atoms with E-state index in [9.17, 15) is 0 Å². The second-order valence-electron chi connectivity index (χ2n) is 3.90. The Morgan fingerprint density at radius 3 is 0.893 bits per heavy atom. The zero-order valence-corrected chi connectivity index (χ0v) is 23.8. The van der Waals surface area contributed by atoms with E-state index in [1.165, 1.54) is 19.3 Å². The van der Waals surface area contributed by atoms with Crippen molar-refractivity contribution in [1.29, 1.82) is 0 Å². The molecule has 0 radical (unpaired) electrons. The van der Waals surface area contributed by atoms with E-state index in [1.54, 1.807) is 0 Å². The van der Waals surface area contributed by atoms with Crippen LogP contribution in [0.3, 0.4) is 0 Å². The number of unbranched alkanes of at least 4 members (excludes halogenated alkanes) is 1. The lowest BCUT2D eigenvalue weighted by Gasteiger charge is -1.89. The third-order valence-electron chi connectivity index (χ3n) is 1.56. The summed E-state index contributed by atoms with van der Waals surface area (Å²) in [4.78, 5) is 0. The molecule has 0 N–H and O–H groups in total. The third-order valence-corrected chi connectivity index (χ3v) is 1.56. The summed E-state index contributed by atoms with van der Waals surface area (Å²) in [5, 5.41) is 0. The monoisotopic (exact) mass is 403 g/mol. The van der Waals surface area contributed by atoms with Crippen LogP contribution < -0.4 is 0 Å². The molecular formula is C28H66. The Balaban J connectivity index is -0.0000000233. The van der Waals surface area contributed by atoms with E-state index in [0.29, 0.717) is 0 Å². The van der Waals surface area contributed by atoms with Crippen molar-refractivity contribution in [3.8, 4) is 0 Å². The van der Waals surface area contributed by atoms with Crippen LogP contribution >= 0.6 is 0 Å². The number of rotatable bonds is 4.